The van der Waals surface area contributed by atoms with Gasteiger partial charge in [0.25, 0.3) is 0 Å². The van der Waals surface area contributed by atoms with E-state index in [-0.39, 0.29) is 0 Å². The molecule has 0 unspecified atom stereocenters. The van der Waals surface area contributed by atoms with Gasteiger partial charge in [0, 0.05) is 11.1 Å². The van der Waals surface area contributed by atoms with E-state index < -0.39 is 5.41 Å². The highest BCUT2D eigenvalue weighted by Crippen LogP contribution is 2.62. The zero-order valence-corrected chi connectivity index (χ0v) is 23.0. The number of rotatable bonds is 3. The lowest BCUT2D eigenvalue weighted by molar-refractivity contribution is 0.794. The molecule has 6 aromatic rings. The summed E-state index contributed by atoms with van der Waals surface area (Å²) in [6.07, 6.45) is 2.05. The Kier molecular flexibility index (Phi) is 5.17. The van der Waals surface area contributed by atoms with Gasteiger partial charge in [-0.15, -0.1) is 0 Å². The van der Waals surface area contributed by atoms with Crippen LogP contribution in [0.4, 0.5) is 0 Å². The van der Waals surface area contributed by atoms with Gasteiger partial charge < -0.3 is 0 Å². The summed E-state index contributed by atoms with van der Waals surface area (Å²) in [4.78, 5) is 14.9. The van der Waals surface area contributed by atoms with Gasteiger partial charge in [-0.2, -0.15) is 0 Å². The van der Waals surface area contributed by atoms with Crippen molar-refractivity contribution in [1.82, 2.24) is 15.0 Å². The van der Waals surface area contributed by atoms with Crippen LogP contribution >= 0.6 is 0 Å². The Balaban J connectivity index is 1.42. The van der Waals surface area contributed by atoms with Crippen LogP contribution in [-0.2, 0) is 5.41 Å². The predicted molar refractivity (Wildman–Crippen MR) is 166 cm³/mol. The van der Waals surface area contributed by atoms with E-state index in [2.05, 4.69) is 116 Å². The third-order valence-electron chi connectivity index (χ3n) is 8.71. The summed E-state index contributed by atoms with van der Waals surface area (Å²) in [6, 6.07) is 43.5. The van der Waals surface area contributed by atoms with Crippen molar-refractivity contribution in [2.24, 2.45) is 0 Å². The van der Waals surface area contributed by atoms with Gasteiger partial charge in [-0.3, -0.25) is 0 Å². The van der Waals surface area contributed by atoms with Gasteiger partial charge in [-0.05, 0) is 70.0 Å². The highest BCUT2D eigenvalue weighted by Gasteiger charge is 2.51. The zero-order valence-electron chi connectivity index (χ0n) is 23.0. The van der Waals surface area contributed by atoms with Gasteiger partial charge in [0.2, 0.25) is 0 Å². The molecule has 0 saturated carbocycles. The fraction of sp³-hybridized carbons (Fsp3) is 0.0789. The molecule has 1 heterocycles. The quantitative estimate of drug-likeness (QED) is 0.231. The molecule has 5 aromatic carbocycles. The lowest BCUT2D eigenvalue weighted by atomic mass is 9.70. The molecule has 41 heavy (non-hydrogen) atoms. The second-order valence-corrected chi connectivity index (χ2v) is 10.8. The highest BCUT2D eigenvalue weighted by atomic mass is 15.0. The maximum Gasteiger partial charge on any atom is 0.164 e. The molecule has 3 nitrogen and oxygen atoms in total. The summed E-state index contributed by atoms with van der Waals surface area (Å²) in [6.45, 7) is 4.07. The van der Waals surface area contributed by atoms with Crippen LogP contribution in [0.25, 0.3) is 50.6 Å². The van der Waals surface area contributed by atoms with Crippen LogP contribution in [0, 0.1) is 0 Å². The summed E-state index contributed by atoms with van der Waals surface area (Å²) < 4.78 is 0. The molecular formula is C38H27N3. The monoisotopic (exact) mass is 525 g/mol. The Morgan fingerprint density at radius 2 is 1.00 bits per heavy atom. The molecule has 0 amide bonds. The van der Waals surface area contributed by atoms with Crippen LogP contribution in [0.3, 0.4) is 0 Å². The lowest BCUT2D eigenvalue weighted by Gasteiger charge is -2.30. The van der Waals surface area contributed by atoms with Crippen LogP contribution in [0.5, 0.6) is 0 Å². The first-order chi connectivity index (χ1) is 20.2. The van der Waals surface area contributed by atoms with Gasteiger partial charge in [-0.25, -0.2) is 15.0 Å². The number of hydrogen-bond donors (Lipinski definition) is 0. The molecule has 0 bridgehead atoms. The standard InChI is InChI=1S/C38H27N3/c1-3-24(2)35-39-36(25-13-5-4-6-14-25)41-37(40-35)26-21-22-30-29-17-9-12-20-33(29)38(34(30)23-26)31-18-10-7-15-27(31)28-16-8-11-19-32(28)38/h3-23H,1-2H3/b24-3+. The second-order valence-electron chi connectivity index (χ2n) is 10.8. The normalized spacial score (nSPS) is 14.0. The van der Waals surface area contributed by atoms with Crippen molar-refractivity contribution in [2.75, 3.05) is 0 Å². The fourth-order valence-electron chi connectivity index (χ4n) is 6.76. The van der Waals surface area contributed by atoms with Gasteiger partial charge in [0.05, 0.1) is 5.41 Å². The number of benzene rings is 5. The van der Waals surface area contributed by atoms with Crippen molar-refractivity contribution >= 4 is 5.57 Å². The van der Waals surface area contributed by atoms with Gasteiger partial charge in [-0.1, -0.05) is 121 Å². The Morgan fingerprint density at radius 3 is 1.56 bits per heavy atom. The largest absolute Gasteiger partial charge is 0.209 e. The fourth-order valence-corrected chi connectivity index (χ4v) is 6.76. The van der Waals surface area contributed by atoms with E-state index in [1.165, 1.54) is 44.5 Å². The Labute approximate surface area is 239 Å². The van der Waals surface area contributed by atoms with Crippen molar-refractivity contribution in [1.29, 1.82) is 0 Å². The maximum absolute atomic E-state index is 5.02. The van der Waals surface area contributed by atoms with E-state index in [0.717, 1.165) is 16.7 Å². The van der Waals surface area contributed by atoms with E-state index in [1.54, 1.807) is 0 Å². The third-order valence-corrected chi connectivity index (χ3v) is 8.71. The van der Waals surface area contributed by atoms with Crippen molar-refractivity contribution in [3.63, 3.8) is 0 Å². The SMILES string of the molecule is C/C=C(\C)c1nc(-c2ccccc2)nc(-c2ccc3c(c2)C2(c4ccccc4-c4ccccc42)c2ccccc2-3)n1. The lowest BCUT2D eigenvalue weighted by Crippen LogP contribution is -2.25. The van der Waals surface area contributed by atoms with Gasteiger partial charge >= 0.3 is 0 Å². The molecule has 194 valence electrons. The molecule has 2 aliphatic rings. The third kappa shape index (κ3) is 3.29. The first-order valence-corrected chi connectivity index (χ1v) is 14.1. The van der Waals surface area contributed by atoms with Crippen molar-refractivity contribution < 1.29 is 0 Å². The van der Waals surface area contributed by atoms with Crippen LogP contribution in [0.15, 0.2) is 127 Å². The van der Waals surface area contributed by atoms with Crippen LogP contribution in [0.1, 0.15) is 41.9 Å². The molecule has 3 heteroatoms. The van der Waals surface area contributed by atoms with Crippen LogP contribution < -0.4 is 0 Å². The average molecular weight is 526 g/mol. The highest BCUT2D eigenvalue weighted by molar-refractivity contribution is 5.95. The van der Waals surface area contributed by atoms with E-state index >= 15 is 0 Å². The molecule has 0 saturated heterocycles. The second kappa shape index (κ2) is 8.94. The number of nitrogens with zero attached hydrogens (tertiary/aromatic N) is 3. The Hall–Kier alpha value is -5.15. The van der Waals surface area contributed by atoms with E-state index in [1.807, 2.05) is 25.1 Å². The molecule has 1 spiro atoms. The molecule has 0 fully saturated rings. The summed E-state index contributed by atoms with van der Waals surface area (Å²) in [5, 5.41) is 0. The summed E-state index contributed by atoms with van der Waals surface area (Å²) in [7, 11) is 0. The number of aromatic nitrogens is 3. The van der Waals surface area contributed by atoms with Crippen molar-refractivity contribution in [3.05, 3.63) is 155 Å². The Morgan fingerprint density at radius 1 is 0.512 bits per heavy atom. The minimum absolute atomic E-state index is 0.396. The molecule has 0 radical (unpaired) electrons. The average Bonchev–Trinajstić information content (AvgIpc) is 3.52. The van der Waals surface area contributed by atoms with Gasteiger partial charge in [0.15, 0.2) is 17.5 Å². The number of fused-ring (bicyclic) bond motifs is 10. The smallest absolute Gasteiger partial charge is 0.164 e. The minimum Gasteiger partial charge on any atom is -0.209 e. The topological polar surface area (TPSA) is 38.7 Å². The Bertz CT molecular complexity index is 1960. The molecule has 1 aromatic heterocycles. The number of hydrogen-bond acceptors (Lipinski definition) is 3. The maximum atomic E-state index is 5.02. The molecule has 0 N–H and O–H groups in total. The summed E-state index contributed by atoms with van der Waals surface area (Å²) in [5.41, 5.74) is 13.0. The van der Waals surface area contributed by atoms with E-state index in [9.17, 15) is 0 Å². The number of allylic oxidation sites excluding steroid dienone is 2. The molecule has 0 atom stereocenters. The van der Waals surface area contributed by atoms with Gasteiger partial charge in [0.1, 0.15) is 0 Å². The zero-order chi connectivity index (χ0) is 27.6. The molecule has 0 aliphatic heterocycles. The summed E-state index contributed by atoms with van der Waals surface area (Å²) >= 11 is 0. The molecule has 8 rings (SSSR count). The van der Waals surface area contributed by atoms with Crippen LogP contribution in [0.2, 0.25) is 0 Å². The first-order valence-electron chi connectivity index (χ1n) is 14.1. The van der Waals surface area contributed by atoms with Crippen molar-refractivity contribution in [2.45, 2.75) is 19.3 Å². The van der Waals surface area contributed by atoms with E-state index in [0.29, 0.717) is 17.5 Å². The van der Waals surface area contributed by atoms with E-state index in [4.69, 9.17) is 15.0 Å². The van der Waals surface area contributed by atoms with Crippen LogP contribution in [-0.4, -0.2) is 15.0 Å². The first kappa shape index (κ1) is 23.7. The summed E-state index contributed by atoms with van der Waals surface area (Å²) in [5.74, 6) is 2.07. The minimum atomic E-state index is -0.396. The molecular weight excluding hydrogens is 498 g/mol. The molecule has 2 aliphatic carbocycles. The predicted octanol–water partition coefficient (Wildman–Crippen LogP) is 8.97. The van der Waals surface area contributed by atoms with Crippen molar-refractivity contribution in [3.8, 4) is 45.0 Å².